The molecule has 1 saturated heterocycles. The normalized spacial score (nSPS) is 16.1. The van der Waals surface area contributed by atoms with Crippen LogP contribution >= 0.6 is 0 Å². The van der Waals surface area contributed by atoms with Gasteiger partial charge in [0.15, 0.2) is 5.96 Å². The molecular weight excluding hydrogens is 360 g/mol. The molecule has 156 valence electrons. The maximum atomic E-state index is 6.05. The molecule has 2 aromatic rings. The Hall–Kier alpha value is -2.37. The van der Waals surface area contributed by atoms with Crippen LogP contribution in [-0.2, 0) is 17.7 Å². The van der Waals surface area contributed by atoms with Crippen molar-refractivity contribution in [2.45, 2.75) is 38.3 Å². The molecule has 3 rings (SSSR count). The summed E-state index contributed by atoms with van der Waals surface area (Å²) in [5, 5.41) is 3.18. The number of likely N-dealkylation sites (tertiary alicyclic amines) is 1. The second kappa shape index (κ2) is 12.2. The first-order valence-electron chi connectivity index (χ1n) is 10.8. The van der Waals surface area contributed by atoms with Crippen molar-refractivity contribution in [3.63, 3.8) is 0 Å². The van der Waals surface area contributed by atoms with Crippen molar-refractivity contribution in [2.24, 2.45) is 10.7 Å². The Balaban J connectivity index is 1.21. The summed E-state index contributed by atoms with van der Waals surface area (Å²) < 4.78 is 6.05. The number of nitrogens with zero attached hydrogens (tertiary/aromatic N) is 2. The molecule has 5 nitrogen and oxygen atoms in total. The zero-order valence-corrected chi connectivity index (χ0v) is 17.3. The summed E-state index contributed by atoms with van der Waals surface area (Å²) >= 11 is 0. The third-order valence-corrected chi connectivity index (χ3v) is 5.28. The number of rotatable bonds is 10. The largest absolute Gasteiger partial charge is 0.378 e. The van der Waals surface area contributed by atoms with Crippen LogP contribution in [0, 0.1) is 0 Å². The smallest absolute Gasteiger partial charge is 0.188 e. The van der Waals surface area contributed by atoms with E-state index in [9.17, 15) is 0 Å². The summed E-state index contributed by atoms with van der Waals surface area (Å²) in [5.74, 6) is 0.523. The van der Waals surface area contributed by atoms with Crippen LogP contribution in [0.3, 0.4) is 0 Å². The van der Waals surface area contributed by atoms with E-state index >= 15 is 0 Å². The standard InChI is InChI=1S/C24H34N4O/c25-24(27-16-12-21-8-3-1-4-9-21)26-15-7-19-29-23-13-17-28(18-14-23)20-22-10-5-2-6-11-22/h1-6,8-11,23H,7,12-20H2,(H3,25,26,27). The summed E-state index contributed by atoms with van der Waals surface area (Å²) in [7, 11) is 0. The van der Waals surface area contributed by atoms with Crippen LogP contribution in [-0.4, -0.2) is 49.7 Å². The average Bonchev–Trinajstić information content (AvgIpc) is 2.76. The lowest BCUT2D eigenvalue weighted by Gasteiger charge is -2.31. The molecule has 0 unspecified atom stereocenters. The lowest BCUT2D eigenvalue weighted by molar-refractivity contribution is 0.00566. The van der Waals surface area contributed by atoms with E-state index in [1.165, 1.54) is 11.1 Å². The Morgan fingerprint density at radius 1 is 1.00 bits per heavy atom. The molecular formula is C24H34N4O. The first-order chi connectivity index (χ1) is 14.3. The summed E-state index contributed by atoms with van der Waals surface area (Å²) in [6, 6.07) is 21.1. The highest BCUT2D eigenvalue weighted by Crippen LogP contribution is 2.16. The van der Waals surface area contributed by atoms with Crippen LogP contribution < -0.4 is 11.1 Å². The SMILES string of the molecule is NC(=NCCCOC1CCN(Cc2ccccc2)CC1)NCCc1ccccc1. The van der Waals surface area contributed by atoms with Crippen LogP contribution in [0.1, 0.15) is 30.4 Å². The molecule has 3 N–H and O–H groups in total. The molecule has 0 spiro atoms. The molecule has 1 fully saturated rings. The van der Waals surface area contributed by atoms with Crippen molar-refractivity contribution in [3.8, 4) is 0 Å². The van der Waals surface area contributed by atoms with Gasteiger partial charge in [-0.2, -0.15) is 0 Å². The summed E-state index contributed by atoms with van der Waals surface area (Å²) in [5.41, 5.74) is 8.62. The van der Waals surface area contributed by atoms with Gasteiger partial charge in [0.05, 0.1) is 6.10 Å². The molecule has 2 aromatic carbocycles. The van der Waals surface area contributed by atoms with Crippen LogP contribution in [0.4, 0.5) is 0 Å². The monoisotopic (exact) mass is 394 g/mol. The molecule has 1 heterocycles. The molecule has 5 heteroatoms. The summed E-state index contributed by atoms with van der Waals surface area (Å²) in [4.78, 5) is 6.91. The molecule has 0 bridgehead atoms. The van der Waals surface area contributed by atoms with Crippen molar-refractivity contribution < 1.29 is 4.74 Å². The fourth-order valence-corrected chi connectivity index (χ4v) is 3.63. The quantitative estimate of drug-likeness (QED) is 0.369. The predicted octanol–water partition coefficient (Wildman–Crippen LogP) is 3.20. The zero-order valence-electron chi connectivity index (χ0n) is 17.3. The maximum absolute atomic E-state index is 6.05. The molecule has 0 amide bonds. The van der Waals surface area contributed by atoms with Crippen LogP contribution in [0.25, 0.3) is 0 Å². The highest BCUT2D eigenvalue weighted by atomic mass is 16.5. The van der Waals surface area contributed by atoms with Crippen molar-refractivity contribution in [1.82, 2.24) is 10.2 Å². The van der Waals surface area contributed by atoms with Gasteiger partial charge in [0, 0.05) is 39.3 Å². The van der Waals surface area contributed by atoms with E-state index in [-0.39, 0.29) is 0 Å². The zero-order chi connectivity index (χ0) is 20.2. The third-order valence-electron chi connectivity index (χ3n) is 5.28. The van der Waals surface area contributed by atoms with Crippen LogP contribution in [0.2, 0.25) is 0 Å². The predicted molar refractivity (Wildman–Crippen MR) is 120 cm³/mol. The molecule has 1 aliphatic heterocycles. The Morgan fingerprint density at radius 2 is 1.66 bits per heavy atom. The van der Waals surface area contributed by atoms with E-state index in [0.29, 0.717) is 18.6 Å². The maximum Gasteiger partial charge on any atom is 0.188 e. The van der Waals surface area contributed by atoms with Crippen molar-refractivity contribution in [1.29, 1.82) is 0 Å². The highest BCUT2D eigenvalue weighted by molar-refractivity contribution is 5.77. The number of guanidine groups is 1. The first-order valence-corrected chi connectivity index (χ1v) is 10.8. The van der Waals surface area contributed by atoms with Gasteiger partial charge >= 0.3 is 0 Å². The molecule has 0 atom stereocenters. The van der Waals surface area contributed by atoms with Gasteiger partial charge in [0.2, 0.25) is 0 Å². The molecule has 1 aliphatic rings. The van der Waals surface area contributed by atoms with E-state index in [2.05, 4.69) is 69.8 Å². The summed E-state index contributed by atoms with van der Waals surface area (Å²) in [6.07, 6.45) is 4.46. The van der Waals surface area contributed by atoms with Gasteiger partial charge in [-0.15, -0.1) is 0 Å². The summed E-state index contributed by atoms with van der Waals surface area (Å²) in [6.45, 7) is 5.52. The topological polar surface area (TPSA) is 62.9 Å². The van der Waals surface area contributed by atoms with Gasteiger partial charge in [0.1, 0.15) is 0 Å². The Morgan fingerprint density at radius 3 is 2.34 bits per heavy atom. The minimum absolute atomic E-state index is 0.382. The Kier molecular flexibility index (Phi) is 9.01. The number of ether oxygens (including phenoxy) is 1. The fraction of sp³-hybridized carbons (Fsp3) is 0.458. The molecule has 0 saturated carbocycles. The van der Waals surface area contributed by atoms with Gasteiger partial charge in [0.25, 0.3) is 0 Å². The lowest BCUT2D eigenvalue weighted by atomic mass is 10.1. The van der Waals surface area contributed by atoms with Crippen molar-refractivity contribution in [2.75, 3.05) is 32.8 Å². The molecule has 0 aromatic heterocycles. The first kappa shape index (κ1) is 21.3. The van der Waals surface area contributed by atoms with E-state index in [0.717, 1.165) is 58.5 Å². The number of nitrogens with one attached hydrogen (secondary N) is 1. The number of nitrogens with two attached hydrogens (primary N) is 1. The molecule has 29 heavy (non-hydrogen) atoms. The number of piperidine rings is 1. The van der Waals surface area contributed by atoms with Crippen LogP contribution in [0.5, 0.6) is 0 Å². The van der Waals surface area contributed by atoms with Crippen molar-refractivity contribution >= 4 is 5.96 Å². The third kappa shape index (κ3) is 8.26. The average molecular weight is 395 g/mol. The number of benzene rings is 2. The van der Waals surface area contributed by atoms with E-state index in [1.54, 1.807) is 0 Å². The number of aliphatic imine (C=N–C) groups is 1. The van der Waals surface area contributed by atoms with Gasteiger partial charge < -0.3 is 15.8 Å². The van der Waals surface area contributed by atoms with Gasteiger partial charge in [-0.05, 0) is 36.8 Å². The van der Waals surface area contributed by atoms with Gasteiger partial charge in [-0.25, -0.2) is 0 Å². The van der Waals surface area contributed by atoms with Gasteiger partial charge in [-0.3, -0.25) is 9.89 Å². The second-order valence-corrected chi connectivity index (χ2v) is 7.61. The second-order valence-electron chi connectivity index (χ2n) is 7.61. The number of hydrogen-bond donors (Lipinski definition) is 2. The Labute approximate surface area is 175 Å². The number of hydrogen-bond acceptors (Lipinski definition) is 3. The van der Waals surface area contributed by atoms with Gasteiger partial charge in [-0.1, -0.05) is 60.7 Å². The van der Waals surface area contributed by atoms with E-state index in [1.807, 2.05) is 6.07 Å². The fourth-order valence-electron chi connectivity index (χ4n) is 3.63. The van der Waals surface area contributed by atoms with Crippen molar-refractivity contribution in [3.05, 3.63) is 71.8 Å². The molecule has 0 radical (unpaired) electrons. The van der Waals surface area contributed by atoms with E-state index in [4.69, 9.17) is 10.5 Å². The van der Waals surface area contributed by atoms with E-state index < -0.39 is 0 Å². The lowest BCUT2D eigenvalue weighted by Crippen LogP contribution is -2.36. The van der Waals surface area contributed by atoms with Crippen LogP contribution in [0.15, 0.2) is 65.7 Å². The molecule has 0 aliphatic carbocycles. The Bertz CT molecular complexity index is 712. The minimum atomic E-state index is 0.382. The highest BCUT2D eigenvalue weighted by Gasteiger charge is 2.19. The minimum Gasteiger partial charge on any atom is -0.378 e.